The molecule has 2 atom stereocenters. The molecule has 0 saturated heterocycles. The van der Waals surface area contributed by atoms with Gasteiger partial charge in [0.15, 0.2) is 5.71 Å². The van der Waals surface area contributed by atoms with Crippen LogP contribution in [-0.2, 0) is 75.0 Å². The van der Waals surface area contributed by atoms with Gasteiger partial charge in [-0.05, 0) is 87.9 Å². The van der Waals surface area contributed by atoms with Crippen LogP contribution in [0.4, 0.5) is 11.4 Å². The Labute approximate surface area is 411 Å². The summed E-state index contributed by atoms with van der Waals surface area (Å²) in [5.74, 6) is -2.08. The molecule has 0 aromatic heterocycles. The fourth-order valence-corrected chi connectivity index (χ4v) is 10.6. The van der Waals surface area contributed by atoms with Crippen LogP contribution in [0.2, 0.25) is 0 Å². The number of ether oxygens (including phenoxy) is 4. The van der Waals surface area contributed by atoms with Gasteiger partial charge in [0.1, 0.15) is 6.54 Å². The maximum Gasteiger partial charge on any atom is 0.303 e. The molecule has 0 bridgehead atoms. The predicted octanol–water partition coefficient (Wildman–Crippen LogP) is 5.54. The number of nitrogens with zero attached hydrogens (tertiary/aromatic N) is 2. The molecular formula is C46H65N2O18S4+. The Kier molecular flexibility index (Phi) is 21.7. The molecule has 20 nitrogen and oxygen atoms in total. The normalized spacial score (nSPS) is 19.4. The van der Waals surface area contributed by atoms with Gasteiger partial charge < -0.3 is 29.0 Å². The van der Waals surface area contributed by atoms with Crippen LogP contribution >= 0.6 is 0 Å². The van der Waals surface area contributed by atoms with Crippen LogP contribution in [0.15, 0.2) is 94.4 Å². The van der Waals surface area contributed by atoms with Crippen molar-refractivity contribution >= 4 is 63.5 Å². The van der Waals surface area contributed by atoms with Gasteiger partial charge in [-0.15, -0.1) is 0 Å². The molecule has 70 heavy (non-hydrogen) atoms. The highest BCUT2D eigenvalue weighted by Gasteiger charge is 2.48. The first-order chi connectivity index (χ1) is 32.8. The number of rotatable bonds is 32. The molecule has 0 amide bonds. The molecular weight excluding hydrogens is 997 g/mol. The van der Waals surface area contributed by atoms with Crippen molar-refractivity contribution in [2.24, 2.45) is 0 Å². The Morgan fingerprint density at radius 1 is 0.643 bits per heavy atom. The first kappa shape index (κ1) is 58.4. The number of methoxy groups -OCH3 is 1. The van der Waals surface area contributed by atoms with Gasteiger partial charge in [-0.2, -0.15) is 38.2 Å². The molecule has 2 heterocycles. The lowest BCUT2D eigenvalue weighted by Crippen LogP contribution is -2.32. The zero-order valence-electron chi connectivity index (χ0n) is 39.5. The molecule has 24 heteroatoms. The Hall–Kier alpha value is -4.18. The number of anilines is 1. The van der Waals surface area contributed by atoms with E-state index in [9.17, 15) is 61.8 Å². The summed E-state index contributed by atoms with van der Waals surface area (Å²) in [7, 11) is -16.4. The van der Waals surface area contributed by atoms with Gasteiger partial charge in [-0.1, -0.05) is 36.8 Å². The maximum absolute atomic E-state index is 12.4. The van der Waals surface area contributed by atoms with Gasteiger partial charge in [-0.3, -0.25) is 23.0 Å². The minimum absolute atomic E-state index is 0.0145. The number of carboxylic acids is 1. The molecule has 2 unspecified atom stereocenters. The minimum atomic E-state index is -4.67. The molecule has 2 aliphatic rings. The molecule has 0 saturated carbocycles. The van der Waals surface area contributed by atoms with Crippen molar-refractivity contribution in [3.8, 4) is 0 Å². The lowest BCUT2D eigenvalue weighted by atomic mass is 9.76. The number of carbonyl (C=O) groups is 1. The van der Waals surface area contributed by atoms with Crippen molar-refractivity contribution in [3.63, 3.8) is 0 Å². The van der Waals surface area contributed by atoms with Crippen molar-refractivity contribution in [1.29, 1.82) is 0 Å². The topological polar surface area (TPSA) is 298 Å². The number of allylic oxidation sites excluding steroid dienone is 8. The van der Waals surface area contributed by atoms with E-state index in [0.717, 1.165) is 5.70 Å². The molecule has 2 aromatic carbocycles. The molecule has 2 aliphatic heterocycles. The molecule has 0 fully saturated rings. The number of fused-ring (bicyclic) bond motifs is 2. The van der Waals surface area contributed by atoms with Crippen LogP contribution in [0.3, 0.4) is 0 Å². The Bertz CT molecular complexity index is 2750. The molecule has 0 radical (unpaired) electrons. The monoisotopic (exact) mass is 1060 g/mol. The summed E-state index contributed by atoms with van der Waals surface area (Å²) in [6.45, 7) is 6.70. The van der Waals surface area contributed by atoms with E-state index in [-0.39, 0.29) is 50.3 Å². The van der Waals surface area contributed by atoms with E-state index in [1.54, 1.807) is 61.1 Å². The molecule has 5 N–H and O–H groups in total. The van der Waals surface area contributed by atoms with E-state index in [1.165, 1.54) is 30.3 Å². The zero-order valence-corrected chi connectivity index (χ0v) is 42.8. The Morgan fingerprint density at radius 3 is 1.80 bits per heavy atom. The largest absolute Gasteiger partial charge is 0.481 e. The second kappa shape index (κ2) is 26.0. The van der Waals surface area contributed by atoms with E-state index in [2.05, 4.69) is 0 Å². The maximum atomic E-state index is 12.4. The Balaban J connectivity index is 1.68. The van der Waals surface area contributed by atoms with Crippen molar-refractivity contribution in [2.75, 3.05) is 82.9 Å². The van der Waals surface area contributed by atoms with Gasteiger partial charge in [0.05, 0.1) is 66.4 Å². The third-order valence-corrected chi connectivity index (χ3v) is 15.3. The van der Waals surface area contributed by atoms with E-state index in [0.29, 0.717) is 93.5 Å². The number of aliphatic carboxylic acids is 1. The van der Waals surface area contributed by atoms with Crippen LogP contribution < -0.4 is 4.90 Å². The second-order valence-corrected chi connectivity index (χ2v) is 23.1. The van der Waals surface area contributed by atoms with Gasteiger partial charge in [0.2, 0.25) is 5.69 Å². The highest BCUT2D eigenvalue weighted by molar-refractivity contribution is 7.86. The molecule has 0 aliphatic carbocycles. The van der Waals surface area contributed by atoms with Crippen LogP contribution in [-0.4, -0.2) is 151 Å². The average Bonchev–Trinajstić information content (AvgIpc) is 3.63. The number of unbranched alkanes of at least 4 members (excludes halogenated alkanes) is 2. The van der Waals surface area contributed by atoms with Crippen LogP contribution in [0.1, 0.15) is 76.3 Å². The van der Waals surface area contributed by atoms with Crippen molar-refractivity contribution < 1.29 is 85.3 Å². The lowest BCUT2D eigenvalue weighted by Gasteiger charge is -2.30. The summed E-state index contributed by atoms with van der Waals surface area (Å²) in [6, 6.07) is 8.32. The molecule has 0 spiro atoms. The van der Waals surface area contributed by atoms with Crippen LogP contribution in [0, 0.1) is 0 Å². The summed E-state index contributed by atoms with van der Waals surface area (Å²) in [6.07, 6.45) is 14.2. The van der Waals surface area contributed by atoms with Crippen molar-refractivity contribution in [1.82, 2.24) is 0 Å². The third kappa shape index (κ3) is 17.3. The minimum Gasteiger partial charge on any atom is -0.481 e. The summed E-state index contributed by atoms with van der Waals surface area (Å²) in [5, 5.41) is 9.19. The number of hydrogen-bond acceptors (Lipinski definition) is 14. The standard InChI is InChI=1S/C46H64N2O18S4/c1-45(21-12-32-67(51,52)53)38-34-36(69(57,58)59)17-19-40(38)48(24-13-33-68(54,55)56)42(45)14-8-5-4-6-9-15-43-46(2,22-25-64-28-29-66-31-30-65-27-26-63-3)39-35-37(70(60,61)62)18-20-41(39)47(43)23-11-7-10-16-44(49)50/h4-6,8-9,14-15,17-20,34-35H,7,10-13,16,21-33H2,1-3H3,(H4-,49,50,51,52,53,54,55,56,57,58,59,60,61,62)/p+1. The van der Waals surface area contributed by atoms with Gasteiger partial charge in [0, 0.05) is 67.6 Å². The summed E-state index contributed by atoms with van der Waals surface area (Å²) in [5.41, 5.74) is 1.54. The number of benzene rings is 2. The fraction of sp³-hybridized carbons (Fsp3) is 0.522. The number of carboxylic acid groups (broad SMARTS) is 1. The first-order valence-electron chi connectivity index (χ1n) is 22.5. The van der Waals surface area contributed by atoms with Crippen LogP contribution in [0.25, 0.3) is 0 Å². The Morgan fingerprint density at radius 2 is 1.20 bits per heavy atom. The molecule has 2 aromatic rings. The predicted molar refractivity (Wildman–Crippen MR) is 262 cm³/mol. The SMILES string of the molecule is COCCOCCOCCOCCC1(C)C(=CC=CC=CC=CC2=[N+](CCCS(=O)(=O)O)c3ccc(S(=O)(=O)O)cc3C2(C)CCCS(=O)(=O)O)N(CCCCCC(=O)O)c2ccc(S(=O)(=O)O)cc21. The van der Waals surface area contributed by atoms with E-state index in [1.807, 2.05) is 17.9 Å². The van der Waals surface area contributed by atoms with Crippen molar-refractivity contribution in [3.05, 3.63) is 95.8 Å². The second-order valence-electron chi connectivity index (χ2n) is 17.2. The summed E-state index contributed by atoms with van der Waals surface area (Å²) in [4.78, 5) is 12.6. The zero-order chi connectivity index (χ0) is 51.8. The first-order valence-corrected chi connectivity index (χ1v) is 28.6. The van der Waals surface area contributed by atoms with Gasteiger partial charge >= 0.3 is 5.97 Å². The third-order valence-electron chi connectivity index (χ3n) is 12.0. The quantitative estimate of drug-likeness (QED) is 0.0260. The summed E-state index contributed by atoms with van der Waals surface area (Å²) >= 11 is 0. The summed E-state index contributed by atoms with van der Waals surface area (Å²) < 4.78 is 159. The van der Waals surface area contributed by atoms with E-state index < -0.39 is 73.7 Å². The smallest absolute Gasteiger partial charge is 0.303 e. The number of hydrogen-bond donors (Lipinski definition) is 5. The highest BCUT2D eigenvalue weighted by atomic mass is 32.2. The van der Waals surface area contributed by atoms with Crippen molar-refractivity contribution in [2.45, 2.75) is 85.8 Å². The van der Waals surface area contributed by atoms with Gasteiger partial charge in [0.25, 0.3) is 40.5 Å². The van der Waals surface area contributed by atoms with Gasteiger partial charge in [-0.25, -0.2) is 0 Å². The van der Waals surface area contributed by atoms with E-state index >= 15 is 0 Å². The van der Waals surface area contributed by atoms with E-state index in [4.69, 9.17) is 18.9 Å². The lowest BCUT2D eigenvalue weighted by molar-refractivity contribution is -0.437. The average molecular weight is 1060 g/mol. The molecule has 4 rings (SSSR count). The fourth-order valence-electron chi connectivity index (χ4n) is 8.57. The highest BCUT2D eigenvalue weighted by Crippen LogP contribution is 2.51. The van der Waals surface area contributed by atoms with Crippen LogP contribution in [0.5, 0.6) is 0 Å². The molecule has 390 valence electrons.